The van der Waals surface area contributed by atoms with Crippen LogP contribution in [0.5, 0.6) is 11.5 Å². The SMILES string of the molecule is COCC1CCN(CC(N)c2ccc3c(c2)OCO3)C1. The summed E-state index contributed by atoms with van der Waals surface area (Å²) in [6.45, 7) is 4.20. The molecule has 0 amide bonds. The molecule has 2 atom stereocenters. The maximum absolute atomic E-state index is 6.32. The van der Waals surface area contributed by atoms with Crippen LogP contribution in [0.1, 0.15) is 18.0 Å². The van der Waals surface area contributed by atoms with Gasteiger partial charge in [0, 0.05) is 26.2 Å². The molecule has 0 bridgehead atoms. The summed E-state index contributed by atoms with van der Waals surface area (Å²) in [5.74, 6) is 2.25. The molecule has 110 valence electrons. The van der Waals surface area contributed by atoms with Crippen LogP contribution in [-0.2, 0) is 4.74 Å². The first kappa shape index (κ1) is 13.7. The Labute approximate surface area is 119 Å². The van der Waals surface area contributed by atoms with Gasteiger partial charge in [-0.1, -0.05) is 6.07 Å². The number of fused-ring (bicyclic) bond motifs is 1. The number of benzene rings is 1. The second-order valence-corrected chi connectivity index (χ2v) is 5.59. The first-order chi connectivity index (χ1) is 9.76. The standard InChI is InChI=1S/C15H22N2O3/c1-18-9-11-4-5-17(7-11)8-13(16)12-2-3-14-15(6-12)20-10-19-14/h2-3,6,11,13H,4-5,7-10,16H2,1H3. The van der Waals surface area contributed by atoms with E-state index in [-0.39, 0.29) is 6.04 Å². The van der Waals surface area contributed by atoms with Gasteiger partial charge in [0.05, 0.1) is 6.61 Å². The van der Waals surface area contributed by atoms with Crippen molar-refractivity contribution in [3.63, 3.8) is 0 Å². The predicted molar refractivity (Wildman–Crippen MR) is 75.9 cm³/mol. The number of rotatable bonds is 5. The van der Waals surface area contributed by atoms with Gasteiger partial charge < -0.3 is 24.8 Å². The Morgan fingerprint density at radius 2 is 2.25 bits per heavy atom. The van der Waals surface area contributed by atoms with Crippen molar-refractivity contribution in [1.29, 1.82) is 0 Å². The van der Waals surface area contributed by atoms with Crippen molar-refractivity contribution in [1.82, 2.24) is 4.90 Å². The van der Waals surface area contributed by atoms with E-state index in [1.807, 2.05) is 18.2 Å². The van der Waals surface area contributed by atoms with Gasteiger partial charge in [0.15, 0.2) is 11.5 Å². The largest absolute Gasteiger partial charge is 0.454 e. The average molecular weight is 278 g/mol. The van der Waals surface area contributed by atoms with Crippen LogP contribution in [0.4, 0.5) is 0 Å². The summed E-state index contributed by atoms with van der Waals surface area (Å²) >= 11 is 0. The van der Waals surface area contributed by atoms with Gasteiger partial charge in [-0.3, -0.25) is 0 Å². The third-order valence-corrected chi connectivity index (χ3v) is 4.05. The summed E-state index contributed by atoms with van der Waals surface area (Å²) in [5.41, 5.74) is 7.42. The molecular weight excluding hydrogens is 256 g/mol. The van der Waals surface area contributed by atoms with Crippen LogP contribution >= 0.6 is 0 Å². The summed E-state index contributed by atoms with van der Waals surface area (Å²) in [6.07, 6.45) is 1.20. The summed E-state index contributed by atoms with van der Waals surface area (Å²) in [6, 6.07) is 5.97. The number of methoxy groups -OCH3 is 1. The molecule has 2 aliphatic rings. The van der Waals surface area contributed by atoms with Gasteiger partial charge in [0.2, 0.25) is 6.79 Å². The minimum atomic E-state index is 0.00537. The molecule has 3 rings (SSSR count). The van der Waals surface area contributed by atoms with Gasteiger partial charge in [-0.2, -0.15) is 0 Å². The number of ether oxygens (including phenoxy) is 3. The Hall–Kier alpha value is -1.30. The number of likely N-dealkylation sites (tertiary alicyclic amines) is 1. The van der Waals surface area contributed by atoms with Crippen molar-refractivity contribution in [3.05, 3.63) is 23.8 Å². The van der Waals surface area contributed by atoms with Crippen molar-refractivity contribution >= 4 is 0 Å². The van der Waals surface area contributed by atoms with E-state index in [0.29, 0.717) is 12.7 Å². The number of hydrogen-bond donors (Lipinski definition) is 1. The van der Waals surface area contributed by atoms with Crippen LogP contribution in [0.3, 0.4) is 0 Å². The van der Waals surface area contributed by atoms with Gasteiger partial charge in [0.25, 0.3) is 0 Å². The number of hydrogen-bond acceptors (Lipinski definition) is 5. The normalized spacial score (nSPS) is 23.2. The molecule has 2 N–H and O–H groups in total. The van der Waals surface area contributed by atoms with Crippen molar-refractivity contribution in [2.75, 3.05) is 40.1 Å². The molecule has 1 saturated heterocycles. The van der Waals surface area contributed by atoms with E-state index in [9.17, 15) is 0 Å². The van der Waals surface area contributed by atoms with E-state index in [1.54, 1.807) is 7.11 Å². The van der Waals surface area contributed by atoms with Gasteiger partial charge in [-0.05, 0) is 36.6 Å². The monoisotopic (exact) mass is 278 g/mol. The molecule has 1 aromatic carbocycles. The summed E-state index contributed by atoms with van der Waals surface area (Å²) < 4.78 is 15.9. The summed E-state index contributed by atoms with van der Waals surface area (Å²) in [4.78, 5) is 2.42. The van der Waals surface area contributed by atoms with Crippen LogP contribution in [0, 0.1) is 5.92 Å². The number of nitrogens with two attached hydrogens (primary N) is 1. The lowest BCUT2D eigenvalue weighted by Gasteiger charge is -2.21. The Bertz CT molecular complexity index is 466. The fourth-order valence-corrected chi connectivity index (χ4v) is 2.98. The molecule has 0 saturated carbocycles. The summed E-state index contributed by atoms with van der Waals surface area (Å²) in [5, 5.41) is 0. The van der Waals surface area contributed by atoms with Crippen molar-refractivity contribution in [2.45, 2.75) is 12.5 Å². The quantitative estimate of drug-likeness (QED) is 0.882. The topological polar surface area (TPSA) is 57.0 Å². The molecule has 2 heterocycles. The van der Waals surface area contributed by atoms with E-state index in [0.717, 1.165) is 43.3 Å². The zero-order valence-corrected chi connectivity index (χ0v) is 11.9. The minimum absolute atomic E-state index is 0.00537. The molecule has 2 unspecified atom stereocenters. The predicted octanol–water partition coefficient (Wildman–Crippen LogP) is 1.38. The number of nitrogens with zero attached hydrogens (tertiary/aromatic N) is 1. The van der Waals surface area contributed by atoms with Crippen LogP contribution < -0.4 is 15.2 Å². The molecule has 5 heteroatoms. The van der Waals surface area contributed by atoms with Gasteiger partial charge in [-0.15, -0.1) is 0 Å². The summed E-state index contributed by atoms with van der Waals surface area (Å²) in [7, 11) is 1.76. The van der Waals surface area contributed by atoms with Crippen LogP contribution in [0.25, 0.3) is 0 Å². The zero-order valence-electron chi connectivity index (χ0n) is 11.9. The van der Waals surface area contributed by atoms with E-state index in [2.05, 4.69) is 4.90 Å². The molecule has 0 spiro atoms. The lowest BCUT2D eigenvalue weighted by atomic mass is 10.1. The second kappa shape index (κ2) is 5.99. The van der Waals surface area contributed by atoms with Gasteiger partial charge in [0.1, 0.15) is 0 Å². The molecule has 0 aliphatic carbocycles. The fraction of sp³-hybridized carbons (Fsp3) is 0.600. The van der Waals surface area contributed by atoms with Gasteiger partial charge >= 0.3 is 0 Å². The fourth-order valence-electron chi connectivity index (χ4n) is 2.98. The van der Waals surface area contributed by atoms with E-state index in [4.69, 9.17) is 19.9 Å². The van der Waals surface area contributed by atoms with Crippen LogP contribution in [0.15, 0.2) is 18.2 Å². The average Bonchev–Trinajstić information content (AvgIpc) is 3.07. The van der Waals surface area contributed by atoms with Crippen molar-refractivity contribution in [3.8, 4) is 11.5 Å². The van der Waals surface area contributed by atoms with E-state index < -0.39 is 0 Å². The highest BCUT2D eigenvalue weighted by molar-refractivity contribution is 5.45. The van der Waals surface area contributed by atoms with Crippen LogP contribution in [0.2, 0.25) is 0 Å². The first-order valence-corrected chi connectivity index (χ1v) is 7.12. The Morgan fingerprint density at radius 1 is 1.40 bits per heavy atom. The third-order valence-electron chi connectivity index (χ3n) is 4.05. The smallest absolute Gasteiger partial charge is 0.231 e. The molecular formula is C15H22N2O3. The van der Waals surface area contributed by atoms with Crippen molar-refractivity contribution < 1.29 is 14.2 Å². The Morgan fingerprint density at radius 3 is 3.10 bits per heavy atom. The molecule has 0 aromatic heterocycles. The highest BCUT2D eigenvalue weighted by Gasteiger charge is 2.24. The van der Waals surface area contributed by atoms with Crippen molar-refractivity contribution in [2.24, 2.45) is 11.7 Å². The highest BCUT2D eigenvalue weighted by atomic mass is 16.7. The maximum Gasteiger partial charge on any atom is 0.231 e. The molecule has 2 aliphatic heterocycles. The highest BCUT2D eigenvalue weighted by Crippen LogP contribution is 2.34. The lowest BCUT2D eigenvalue weighted by molar-refractivity contribution is 0.152. The molecule has 1 aromatic rings. The first-order valence-electron chi connectivity index (χ1n) is 7.12. The third kappa shape index (κ3) is 2.90. The van der Waals surface area contributed by atoms with E-state index in [1.165, 1.54) is 6.42 Å². The second-order valence-electron chi connectivity index (χ2n) is 5.59. The molecule has 0 radical (unpaired) electrons. The van der Waals surface area contributed by atoms with E-state index >= 15 is 0 Å². The Kier molecular flexibility index (Phi) is 4.10. The maximum atomic E-state index is 6.32. The molecule has 20 heavy (non-hydrogen) atoms. The van der Waals surface area contributed by atoms with Crippen LogP contribution in [-0.4, -0.2) is 45.0 Å². The minimum Gasteiger partial charge on any atom is -0.454 e. The molecule has 5 nitrogen and oxygen atoms in total. The molecule has 1 fully saturated rings. The van der Waals surface area contributed by atoms with Gasteiger partial charge in [-0.25, -0.2) is 0 Å². The lowest BCUT2D eigenvalue weighted by Crippen LogP contribution is -2.31. The zero-order chi connectivity index (χ0) is 13.9. The Balaban J connectivity index is 1.58.